The monoisotopic (exact) mass is 308 g/mol. The Bertz CT molecular complexity index is 641. The first-order valence-corrected chi connectivity index (χ1v) is 6.66. The van der Waals surface area contributed by atoms with Crippen molar-refractivity contribution in [3.8, 4) is 0 Å². The fourth-order valence-electron chi connectivity index (χ4n) is 1.96. The van der Waals surface area contributed by atoms with Crippen LogP contribution in [0.5, 0.6) is 0 Å². The zero-order valence-corrected chi connectivity index (χ0v) is 11.8. The maximum absolute atomic E-state index is 12.6. The van der Waals surface area contributed by atoms with Gasteiger partial charge in [0, 0.05) is 5.69 Å². The third kappa shape index (κ3) is 4.25. The Labute approximate surface area is 126 Å². The van der Waals surface area contributed by atoms with Gasteiger partial charge in [0.25, 0.3) is 0 Å². The molecule has 0 radical (unpaired) electrons. The van der Waals surface area contributed by atoms with E-state index in [2.05, 4.69) is 10.6 Å². The normalized spacial score (nSPS) is 12.5. The number of nitrogens with one attached hydrogen (secondary N) is 2. The van der Waals surface area contributed by atoms with Crippen LogP contribution >= 0.6 is 0 Å². The lowest BCUT2D eigenvalue weighted by atomic mass is 10.1. The highest BCUT2D eigenvalue weighted by atomic mass is 19.4. The van der Waals surface area contributed by atoms with E-state index >= 15 is 0 Å². The summed E-state index contributed by atoms with van der Waals surface area (Å²) >= 11 is 0. The number of carbonyl (C=O) groups excluding carboxylic acids is 1. The van der Waals surface area contributed by atoms with Gasteiger partial charge < -0.3 is 10.6 Å². The summed E-state index contributed by atoms with van der Waals surface area (Å²) in [6, 6.07) is 13.0. The van der Waals surface area contributed by atoms with E-state index in [4.69, 9.17) is 0 Å². The molecule has 0 heterocycles. The molecule has 2 aromatic carbocycles. The van der Waals surface area contributed by atoms with Crippen LogP contribution in [0, 0.1) is 0 Å². The Balaban J connectivity index is 2.01. The fraction of sp³-hybridized carbons (Fsp3) is 0.188. The minimum absolute atomic E-state index is 0.0904. The number of rotatable bonds is 3. The Morgan fingerprint density at radius 1 is 1.05 bits per heavy atom. The highest BCUT2D eigenvalue weighted by Gasteiger charge is 2.30. The molecule has 0 bridgehead atoms. The van der Waals surface area contributed by atoms with Gasteiger partial charge in [-0.15, -0.1) is 0 Å². The predicted octanol–water partition coefficient (Wildman–Crippen LogP) is 4.59. The molecule has 0 unspecified atom stereocenters. The first-order chi connectivity index (χ1) is 10.4. The van der Waals surface area contributed by atoms with Gasteiger partial charge in [-0.3, -0.25) is 0 Å². The zero-order chi connectivity index (χ0) is 16.2. The van der Waals surface area contributed by atoms with Gasteiger partial charge in [-0.25, -0.2) is 4.79 Å². The number of carbonyl (C=O) groups is 1. The van der Waals surface area contributed by atoms with E-state index in [0.717, 1.165) is 17.7 Å². The average Bonchev–Trinajstić information content (AvgIpc) is 2.47. The highest BCUT2D eigenvalue weighted by Crippen LogP contribution is 2.30. The summed E-state index contributed by atoms with van der Waals surface area (Å²) in [6.45, 7) is 1.79. The van der Waals surface area contributed by atoms with Crippen LogP contribution in [-0.4, -0.2) is 6.03 Å². The SMILES string of the molecule is C[C@H](NC(=O)Nc1cccc(C(F)(F)F)c1)c1ccccc1. The summed E-state index contributed by atoms with van der Waals surface area (Å²) in [5, 5.41) is 5.08. The molecule has 0 saturated carbocycles. The van der Waals surface area contributed by atoms with Crippen molar-refractivity contribution in [2.75, 3.05) is 5.32 Å². The quantitative estimate of drug-likeness (QED) is 0.855. The first kappa shape index (κ1) is 15.9. The van der Waals surface area contributed by atoms with Crippen molar-refractivity contribution in [1.29, 1.82) is 0 Å². The second-order valence-corrected chi connectivity index (χ2v) is 4.81. The topological polar surface area (TPSA) is 41.1 Å². The lowest BCUT2D eigenvalue weighted by molar-refractivity contribution is -0.137. The molecule has 6 heteroatoms. The van der Waals surface area contributed by atoms with Crippen LogP contribution in [0.3, 0.4) is 0 Å². The predicted molar refractivity (Wildman–Crippen MR) is 78.5 cm³/mol. The van der Waals surface area contributed by atoms with Gasteiger partial charge in [-0.05, 0) is 30.7 Å². The van der Waals surface area contributed by atoms with E-state index < -0.39 is 17.8 Å². The molecule has 0 aromatic heterocycles. The average molecular weight is 308 g/mol. The van der Waals surface area contributed by atoms with Crippen LogP contribution in [0.2, 0.25) is 0 Å². The summed E-state index contributed by atoms with van der Waals surface area (Å²) in [6.07, 6.45) is -4.44. The number of benzene rings is 2. The van der Waals surface area contributed by atoms with Gasteiger partial charge in [0.15, 0.2) is 0 Å². The number of alkyl halides is 3. The minimum Gasteiger partial charge on any atom is -0.331 e. The number of anilines is 1. The second kappa shape index (κ2) is 6.51. The lowest BCUT2D eigenvalue weighted by Gasteiger charge is -2.15. The van der Waals surface area contributed by atoms with Crippen LogP contribution in [0.1, 0.15) is 24.1 Å². The number of hydrogen-bond donors (Lipinski definition) is 2. The van der Waals surface area contributed by atoms with E-state index in [1.54, 1.807) is 6.92 Å². The molecule has 2 N–H and O–H groups in total. The number of amides is 2. The Kier molecular flexibility index (Phi) is 4.70. The molecule has 0 saturated heterocycles. The standard InChI is InChI=1S/C16H15F3N2O/c1-11(12-6-3-2-4-7-12)20-15(22)21-14-9-5-8-13(10-14)16(17,18)19/h2-11H,1H3,(H2,20,21,22)/t11-/m0/s1. The number of halogens is 3. The molecule has 0 aliphatic rings. The summed E-state index contributed by atoms with van der Waals surface area (Å²) in [7, 11) is 0. The summed E-state index contributed by atoms with van der Waals surface area (Å²) in [5.41, 5.74) is 0.190. The summed E-state index contributed by atoms with van der Waals surface area (Å²) in [4.78, 5) is 11.9. The molecule has 0 spiro atoms. The molecular formula is C16H15F3N2O. The van der Waals surface area contributed by atoms with Gasteiger partial charge >= 0.3 is 12.2 Å². The van der Waals surface area contributed by atoms with Crippen molar-refractivity contribution >= 4 is 11.7 Å². The molecule has 2 amide bonds. The van der Waals surface area contributed by atoms with Gasteiger partial charge in [0.2, 0.25) is 0 Å². The molecule has 2 rings (SSSR count). The van der Waals surface area contributed by atoms with Gasteiger partial charge in [0.05, 0.1) is 11.6 Å². The Morgan fingerprint density at radius 3 is 2.36 bits per heavy atom. The van der Waals surface area contributed by atoms with E-state index in [1.807, 2.05) is 30.3 Å². The number of urea groups is 1. The van der Waals surface area contributed by atoms with E-state index in [9.17, 15) is 18.0 Å². The van der Waals surface area contributed by atoms with Crippen molar-refractivity contribution in [2.24, 2.45) is 0 Å². The molecule has 1 atom stereocenters. The summed E-state index contributed by atoms with van der Waals surface area (Å²) in [5.74, 6) is 0. The smallest absolute Gasteiger partial charge is 0.331 e. The molecule has 0 aliphatic heterocycles. The third-order valence-electron chi connectivity index (χ3n) is 3.09. The number of hydrogen-bond acceptors (Lipinski definition) is 1. The Hall–Kier alpha value is -2.50. The molecule has 0 fully saturated rings. The molecule has 22 heavy (non-hydrogen) atoms. The largest absolute Gasteiger partial charge is 0.416 e. The van der Waals surface area contributed by atoms with Crippen molar-refractivity contribution < 1.29 is 18.0 Å². The van der Waals surface area contributed by atoms with Crippen LogP contribution in [0.25, 0.3) is 0 Å². The van der Waals surface area contributed by atoms with Crippen molar-refractivity contribution in [3.05, 3.63) is 65.7 Å². The van der Waals surface area contributed by atoms with Crippen LogP contribution in [-0.2, 0) is 6.18 Å². The van der Waals surface area contributed by atoms with Crippen molar-refractivity contribution in [3.63, 3.8) is 0 Å². The maximum atomic E-state index is 12.6. The van der Waals surface area contributed by atoms with Gasteiger partial charge in [-0.2, -0.15) is 13.2 Å². The van der Waals surface area contributed by atoms with Crippen LogP contribution in [0.15, 0.2) is 54.6 Å². The molecular weight excluding hydrogens is 293 g/mol. The van der Waals surface area contributed by atoms with Crippen LogP contribution in [0.4, 0.5) is 23.7 Å². The second-order valence-electron chi connectivity index (χ2n) is 4.81. The molecule has 3 nitrogen and oxygen atoms in total. The third-order valence-corrected chi connectivity index (χ3v) is 3.09. The van der Waals surface area contributed by atoms with E-state index in [1.165, 1.54) is 12.1 Å². The highest BCUT2D eigenvalue weighted by molar-refractivity contribution is 5.89. The summed E-state index contributed by atoms with van der Waals surface area (Å²) < 4.78 is 37.8. The Morgan fingerprint density at radius 2 is 1.73 bits per heavy atom. The van der Waals surface area contributed by atoms with E-state index in [-0.39, 0.29) is 11.7 Å². The van der Waals surface area contributed by atoms with Crippen molar-refractivity contribution in [1.82, 2.24) is 5.32 Å². The van der Waals surface area contributed by atoms with Gasteiger partial charge in [0.1, 0.15) is 0 Å². The fourth-order valence-corrected chi connectivity index (χ4v) is 1.96. The first-order valence-electron chi connectivity index (χ1n) is 6.66. The van der Waals surface area contributed by atoms with E-state index in [0.29, 0.717) is 0 Å². The molecule has 116 valence electrons. The van der Waals surface area contributed by atoms with Crippen LogP contribution < -0.4 is 10.6 Å². The van der Waals surface area contributed by atoms with Crippen molar-refractivity contribution in [2.45, 2.75) is 19.1 Å². The zero-order valence-electron chi connectivity index (χ0n) is 11.8. The molecule has 2 aromatic rings. The molecule has 0 aliphatic carbocycles. The van der Waals surface area contributed by atoms with Gasteiger partial charge in [-0.1, -0.05) is 36.4 Å². The minimum atomic E-state index is -4.44. The lowest BCUT2D eigenvalue weighted by Crippen LogP contribution is -2.31. The maximum Gasteiger partial charge on any atom is 0.416 e.